The van der Waals surface area contributed by atoms with E-state index in [1.807, 2.05) is 18.7 Å². The van der Waals surface area contributed by atoms with Crippen molar-refractivity contribution in [2.45, 2.75) is 46.2 Å². The Bertz CT molecular complexity index is 827. The fraction of sp³-hybridized carbons (Fsp3) is 0.391. The number of carboxylic acids is 1. The lowest BCUT2D eigenvalue weighted by molar-refractivity contribution is -0.138. The number of carbonyl (C=O) groups is 2. The van der Waals surface area contributed by atoms with Gasteiger partial charge in [0.15, 0.2) is 0 Å². The van der Waals surface area contributed by atoms with E-state index in [0.29, 0.717) is 17.5 Å². The maximum Gasteiger partial charge on any atom is 0.416 e. The summed E-state index contributed by atoms with van der Waals surface area (Å²) in [4.78, 5) is 23.2. The van der Waals surface area contributed by atoms with Gasteiger partial charge in [-0.25, -0.2) is 0 Å². The van der Waals surface area contributed by atoms with Crippen LogP contribution in [0.1, 0.15) is 44.7 Å². The zero-order valence-corrected chi connectivity index (χ0v) is 19.1. The topological polar surface area (TPSA) is 77.8 Å². The molecule has 0 atom stereocenters. The smallest absolute Gasteiger partial charge is 0.416 e. The third-order valence-corrected chi connectivity index (χ3v) is 4.22. The molecule has 2 aromatic carbocycles. The molecule has 0 fully saturated rings. The molecule has 32 heavy (non-hydrogen) atoms. The Hall–Kier alpha value is -2.74. The molecule has 0 aliphatic carbocycles. The normalized spacial score (nSPS) is 10.2. The average molecular weight is 476 g/mol. The number of phenolic OH excluding ortho intramolecular Hbond substituents is 1. The van der Waals surface area contributed by atoms with Crippen LogP contribution in [-0.2, 0) is 22.2 Å². The number of benzene rings is 2. The molecule has 5 nitrogen and oxygen atoms in total. The van der Waals surface area contributed by atoms with Gasteiger partial charge >= 0.3 is 12.1 Å². The predicted molar refractivity (Wildman–Crippen MR) is 119 cm³/mol. The Morgan fingerprint density at radius 2 is 1.62 bits per heavy atom. The zero-order chi connectivity index (χ0) is 24.7. The second-order valence-electron chi connectivity index (χ2n) is 6.57. The molecule has 0 saturated carbocycles. The van der Waals surface area contributed by atoms with Gasteiger partial charge < -0.3 is 15.1 Å². The number of halogens is 4. The van der Waals surface area contributed by atoms with E-state index in [1.54, 1.807) is 24.3 Å². The predicted octanol–water partition coefficient (Wildman–Crippen LogP) is 6.03. The van der Waals surface area contributed by atoms with Crippen molar-refractivity contribution >= 4 is 23.5 Å². The Morgan fingerprint density at radius 1 is 1.03 bits per heavy atom. The van der Waals surface area contributed by atoms with Crippen LogP contribution >= 0.6 is 11.6 Å². The number of carboxylic acid groups (broad SMARTS) is 1. The Balaban J connectivity index is 0.000000452. The maximum atomic E-state index is 11.9. The van der Waals surface area contributed by atoms with Crippen LogP contribution in [0.4, 0.5) is 13.2 Å². The number of nitrogens with zero attached hydrogens (tertiary/aromatic N) is 1. The van der Waals surface area contributed by atoms with Crippen molar-refractivity contribution in [3.8, 4) is 5.75 Å². The summed E-state index contributed by atoms with van der Waals surface area (Å²) in [5.41, 5.74) is -0.0700. The summed E-state index contributed by atoms with van der Waals surface area (Å²) < 4.78 is 35.6. The van der Waals surface area contributed by atoms with Gasteiger partial charge in [-0.2, -0.15) is 13.2 Å². The standard InChI is InChI=1S/C8H7ClO2.C8H17NO.C7H5F3O/c9-7-3-1-6(2-4-7)5-8(10)11;1-4-7-9(6-3)8(10)5-2;8-7(9,10)5-2-1-3-6(11)4-5/h1-4H,5H2,(H,10,11);4-7H2,1-3H3;1-4,11H. The summed E-state index contributed by atoms with van der Waals surface area (Å²) in [5.74, 6) is -0.934. The van der Waals surface area contributed by atoms with Crippen molar-refractivity contribution in [3.63, 3.8) is 0 Å². The van der Waals surface area contributed by atoms with Crippen molar-refractivity contribution in [2.24, 2.45) is 0 Å². The highest BCUT2D eigenvalue weighted by atomic mass is 35.5. The van der Waals surface area contributed by atoms with Gasteiger partial charge in [-0.1, -0.05) is 43.6 Å². The van der Waals surface area contributed by atoms with Gasteiger partial charge in [0, 0.05) is 24.5 Å². The van der Waals surface area contributed by atoms with Crippen LogP contribution < -0.4 is 0 Å². The molecule has 0 heterocycles. The first-order chi connectivity index (χ1) is 14.9. The number of aliphatic carboxylic acids is 1. The molecule has 9 heteroatoms. The first-order valence-electron chi connectivity index (χ1n) is 10.0. The summed E-state index contributed by atoms with van der Waals surface area (Å²) in [6.45, 7) is 7.76. The minimum atomic E-state index is -4.38. The number of hydrogen-bond donors (Lipinski definition) is 2. The van der Waals surface area contributed by atoms with E-state index in [2.05, 4.69) is 6.92 Å². The highest BCUT2D eigenvalue weighted by Gasteiger charge is 2.30. The SMILES string of the molecule is CCCN(CC)C(=O)CC.O=C(O)Cc1ccc(Cl)cc1.Oc1cccc(C(F)(F)F)c1. The Morgan fingerprint density at radius 3 is 2.00 bits per heavy atom. The van der Waals surface area contributed by atoms with Gasteiger partial charge in [-0.3, -0.25) is 9.59 Å². The Labute approximate surface area is 191 Å². The van der Waals surface area contributed by atoms with Crippen LogP contribution in [0, 0.1) is 0 Å². The van der Waals surface area contributed by atoms with Crippen LogP contribution in [0.3, 0.4) is 0 Å². The molecule has 0 saturated heterocycles. The number of rotatable bonds is 6. The van der Waals surface area contributed by atoms with Gasteiger partial charge in [0.1, 0.15) is 5.75 Å². The quantitative estimate of drug-likeness (QED) is 0.534. The van der Waals surface area contributed by atoms with Gasteiger partial charge in [0.05, 0.1) is 12.0 Å². The van der Waals surface area contributed by atoms with Gasteiger partial charge in [0.2, 0.25) is 5.91 Å². The molecule has 0 unspecified atom stereocenters. The summed E-state index contributed by atoms with van der Waals surface area (Å²) in [5, 5.41) is 17.7. The average Bonchev–Trinajstić information content (AvgIpc) is 2.73. The fourth-order valence-electron chi connectivity index (χ4n) is 2.41. The number of carbonyl (C=O) groups excluding carboxylic acids is 1. The van der Waals surface area contributed by atoms with Crippen LogP contribution in [0.2, 0.25) is 5.02 Å². The summed E-state index contributed by atoms with van der Waals surface area (Å²) in [7, 11) is 0. The molecule has 0 bridgehead atoms. The van der Waals surface area contributed by atoms with Crippen molar-refractivity contribution in [1.29, 1.82) is 0 Å². The van der Waals surface area contributed by atoms with E-state index in [9.17, 15) is 22.8 Å². The number of amides is 1. The minimum Gasteiger partial charge on any atom is -0.508 e. The first-order valence-corrected chi connectivity index (χ1v) is 10.4. The molecule has 0 aromatic heterocycles. The maximum absolute atomic E-state index is 11.9. The zero-order valence-electron chi connectivity index (χ0n) is 18.3. The largest absolute Gasteiger partial charge is 0.508 e. The third kappa shape index (κ3) is 12.8. The van der Waals surface area contributed by atoms with E-state index < -0.39 is 17.7 Å². The minimum absolute atomic E-state index is 0.0527. The lowest BCUT2D eigenvalue weighted by Crippen LogP contribution is -2.30. The highest BCUT2D eigenvalue weighted by molar-refractivity contribution is 6.30. The number of hydrogen-bond acceptors (Lipinski definition) is 3. The number of aromatic hydroxyl groups is 1. The molecular weight excluding hydrogens is 447 g/mol. The molecule has 2 rings (SSSR count). The third-order valence-electron chi connectivity index (χ3n) is 3.97. The number of alkyl halides is 3. The molecule has 0 spiro atoms. The summed E-state index contributed by atoms with van der Waals surface area (Å²) in [6, 6.07) is 10.7. The molecule has 2 N–H and O–H groups in total. The molecular formula is C23H29ClF3NO4. The van der Waals surface area contributed by atoms with Crippen molar-refractivity contribution in [1.82, 2.24) is 4.90 Å². The molecule has 0 aliphatic heterocycles. The molecule has 2 aromatic rings. The molecule has 178 valence electrons. The lowest BCUT2D eigenvalue weighted by Gasteiger charge is -2.18. The molecule has 0 radical (unpaired) electrons. The second kappa shape index (κ2) is 15.1. The summed E-state index contributed by atoms with van der Waals surface area (Å²) in [6.07, 6.45) is -2.64. The van der Waals surface area contributed by atoms with Gasteiger partial charge in [-0.05, 0) is 49.2 Å². The van der Waals surface area contributed by atoms with E-state index >= 15 is 0 Å². The van der Waals surface area contributed by atoms with Crippen LogP contribution in [0.5, 0.6) is 5.75 Å². The Kier molecular flexibility index (Phi) is 13.8. The molecule has 0 aliphatic rings. The van der Waals surface area contributed by atoms with Crippen LogP contribution in [-0.4, -0.2) is 40.1 Å². The molecule has 1 amide bonds. The number of phenols is 1. The second-order valence-corrected chi connectivity index (χ2v) is 7.01. The van der Waals surface area contributed by atoms with Gasteiger partial charge in [-0.15, -0.1) is 0 Å². The monoisotopic (exact) mass is 475 g/mol. The van der Waals surface area contributed by atoms with Crippen molar-refractivity contribution in [3.05, 3.63) is 64.7 Å². The van der Waals surface area contributed by atoms with Crippen molar-refractivity contribution < 1.29 is 33.0 Å². The van der Waals surface area contributed by atoms with Gasteiger partial charge in [0.25, 0.3) is 0 Å². The highest BCUT2D eigenvalue weighted by Crippen LogP contribution is 2.30. The van der Waals surface area contributed by atoms with Crippen LogP contribution in [0.25, 0.3) is 0 Å². The van der Waals surface area contributed by atoms with E-state index in [4.69, 9.17) is 21.8 Å². The fourth-order valence-corrected chi connectivity index (χ4v) is 2.54. The first kappa shape index (κ1) is 29.3. The van der Waals surface area contributed by atoms with E-state index in [0.717, 1.165) is 37.2 Å². The van der Waals surface area contributed by atoms with Crippen molar-refractivity contribution in [2.75, 3.05) is 13.1 Å². The lowest BCUT2D eigenvalue weighted by atomic mass is 10.2. The summed E-state index contributed by atoms with van der Waals surface area (Å²) >= 11 is 5.60. The van der Waals surface area contributed by atoms with E-state index in [1.165, 1.54) is 6.07 Å². The van der Waals surface area contributed by atoms with E-state index in [-0.39, 0.29) is 18.1 Å². The van der Waals surface area contributed by atoms with Crippen LogP contribution in [0.15, 0.2) is 48.5 Å².